The zero-order valence-corrected chi connectivity index (χ0v) is 11.5. The van der Waals surface area contributed by atoms with Crippen LogP contribution in [-0.4, -0.2) is 11.4 Å². The Morgan fingerprint density at radius 2 is 1.90 bits per heavy atom. The van der Waals surface area contributed by atoms with Crippen LogP contribution in [0.4, 0.5) is 0 Å². The van der Waals surface area contributed by atoms with E-state index >= 15 is 0 Å². The summed E-state index contributed by atoms with van der Waals surface area (Å²) in [6.07, 6.45) is 1.10. The molecule has 0 saturated carbocycles. The zero-order chi connectivity index (χ0) is 13.9. The normalized spacial score (nSPS) is 14.6. The summed E-state index contributed by atoms with van der Waals surface area (Å²) in [6, 6.07) is 16.5. The lowest BCUT2D eigenvalue weighted by Crippen LogP contribution is -2.30. The summed E-state index contributed by atoms with van der Waals surface area (Å²) in [4.78, 5) is 2.45. The van der Waals surface area contributed by atoms with Crippen molar-refractivity contribution in [3.05, 3.63) is 77.2 Å². The van der Waals surface area contributed by atoms with Gasteiger partial charge in [-0.15, -0.1) is 0 Å². The molecule has 1 radical (unpaired) electrons. The number of nitrogens with zero attached hydrogens (tertiary/aromatic N) is 2. The van der Waals surface area contributed by atoms with E-state index in [1.165, 1.54) is 16.7 Å². The van der Waals surface area contributed by atoms with E-state index in [9.17, 15) is 0 Å². The fraction of sp³-hybridized carbons (Fsp3) is 0.222. The van der Waals surface area contributed by atoms with E-state index in [1.54, 1.807) is 0 Å². The van der Waals surface area contributed by atoms with Gasteiger partial charge >= 0.3 is 0 Å². The lowest BCUT2D eigenvalue weighted by Gasteiger charge is -2.29. The Labute approximate surface area is 120 Å². The summed E-state index contributed by atoms with van der Waals surface area (Å²) < 4.78 is 0. The van der Waals surface area contributed by atoms with Crippen LogP contribution in [-0.2, 0) is 19.5 Å². The molecule has 2 aromatic rings. The van der Waals surface area contributed by atoms with Crippen LogP contribution in [0, 0.1) is 18.3 Å². The van der Waals surface area contributed by atoms with Gasteiger partial charge in [0.25, 0.3) is 0 Å². The van der Waals surface area contributed by atoms with Gasteiger partial charge in [0.1, 0.15) is 0 Å². The van der Waals surface area contributed by atoms with Gasteiger partial charge in [-0.3, -0.25) is 4.90 Å². The third-order valence-corrected chi connectivity index (χ3v) is 3.85. The van der Waals surface area contributed by atoms with Crippen molar-refractivity contribution < 1.29 is 0 Å². The second-order valence-corrected chi connectivity index (χ2v) is 5.37. The number of fused-ring (bicyclic) bond motifs is 1. The number of benzene rings is 2. The lowest BCUT2D eigenvalue weighted by atomic mass is 9.97. The predicted molar refractivity (Wildman–Crippen MR) is 79.9 cm³/mol. The summed E-state index contributed by atoms with van der Waals surface area (Å²) in [5.74, 6) is 0. The van der Waals surface area contributed by atoms with Crippen molar-refractivity contribution in [2.75, 3.05) is 6.54 Å². The van der Waals surface area contributed by atoms with E-state index in [1.807, 2.05) is 24.3 Å². The van der Waals surface area contributed by atoms with Crippen LogP contribution in [0.1, 0.15) is 27.8 Å². The number of hydrogen-bond donors (Lipinski definition) is 0. The van der Waals surface area contributed by atoms with Gasteiger partial charge in [-0.1, -0.05) is 30.3 Å². The minimum atomic E-state index is 0.722. The molecule has 0 aliphatic carbocycles. The molecule has 2 heteroatoms. The highest BCUT2D eigenvalue weighted by atomic mass is 15.1. The van der Waals surface area contributed by atoms with Crippen molar-refractivity contribution in [2.45, 2.75) is 19.5 Å². The van der Waals surface area contributed by atoms with Crippen LogP contribution in [0.15, 0.2) is 42.5 Å². The Kier molecular flexibility index (Phi) is 3.54. The molecule has 0 spiro atoms. The maximum absolute atomic E-state index is 8.82. The maximum Gasteiger partial charge on any atom is 0.0991 e. The molecule has 2 aromatic carbocycles. The van der Waals surface area contributed by atoms with E-state index in [2.05, 4.69) is 36.1 Å². The van der Waals surface area contributed by atoms with E-state index in [-0.39, 0.29) is 0 Å². The van der Waals surface area contributed by atoms with Gasteiger partial charge in [-0.05, 0) is 47.7 Å². The van der Waals surface area contributed by atoms with Crippen LogP contribution < -0.4 is 0 Å². The number of rotatable bonds is 2. The molecular weight excluding hydrogens is 244 g/mol. The molecule has 0 N–H and O–H groups in total. The van der Waals surface area contributed by atoms with Crippen molar-refractivity contribution in [1.29, 1.82) is 5.26 Å². The monoisotopic (exact) mass is 261 g/mol. The second-order valence-electron chi connectivity index (χ2n) is 5.37. The molecule has 0 amide bonds. The smallest absolute Gasteiger partial charge is 0.0991 e. The van der Waals surface area contributed by atoms with Gasteiger partial charge < -0.3 is 0 Å². The molecule has 0 saturated heterocycles. The minimum absolute atomic E-state index is 0.722. The first-order valence-electron chi connectivity index (χ1n) is 6.90. The third kappa shape index (κ3) is 2.74. The molecule has 0 bridgehead atoms. The highest BCUT2D eigenvalue weighted by Gasteiger charge is 2.16. The molecule has 0 aromatic heterocycles. The van der Waals surface area contributed by atoms with Crippen molar-refractivity contribution in [3.8, 4) is 6.07 Å². The molecule has 1 heterocycles. The maximum atomic E-state index is 8.82. The van der Waals surface area contributed by atoms with Crippen molar-refractivity contribution in [1.82, 2.24) is 4.90 Å². The largest absolute Gasteiger partial charge is 0.294 e. The third-order valence-electron chi connectivity index (χ3n) is 3.85. The highest BCUT2D eigenvalue weighted by Crippen LogP contribution is 2.21. The Balaban J connectivity index is 1.72. The van der Waals surface area contributed by atoms with Gasteiger partial charge in [0.15, 0.2) is 0 Å². The second kappa shape index (κ2) is 5.48. The zero-order valence-electron chi connectivity index (χ0n) is 11.5. The van der Waals surface area contributed by atoms with Crippen LogP contribution in [0.25, 0.3) is 0 Å². The molecule has 0 atom stereocenters. The number of hydrogen-bond acceptors (Lipinski definition) is 2. The SMILES string of the molecule is [CH2]c1ccc2c(c1)CN(Cc1ccc(C#N)cc1)CC2. The standard InChI is InChI=1S/C18H17N2/c1-14-2-7-17-8-9-20(13-18(17)10-14)12-16-5-3-15(11-19)4-6-16/h2-7,10H,1,8-9,12-13H2. The summed E-state index contributed by atoms with van der Waals surface area (Å²) in [5.41, 5.74) is 5.92. The molecule has 3 rings (SSSR count). The van der Waals surface area contributed by atoms with E-state index in [0.29, 0.717) is 0 Å². The fourth-order valence-corrected chi connectivity index (χ4v) is 2.75. The van der Waals surface area contributed by atoms with Gasteiger partial charge in [-0.25, -0.2) is 0 Å². The summed E-state index contributed by atoms with van der Waals surface area (Å²) in [7, 11) is 0. The van der Waals surface area contributed by atoms with E-state index < -0.39 is 0 Å². The first-order chi connectivity index (χ1) is 9.74. The lowest BCUT2D eigenvalue weighted by molar-refractivity contribution is 0.245. The summed E-state index contributed by atoms with van der Waals surface area (Å²) in [5, 5.41) is 8.82. The fourth-order valence-electron chi connectivity index (χ4n) is 2.75. The Hall–Kier alpha value is -2.11. The predicted octanol–water partition coefficient (Wildman–Crippen LogP) is 3.30. The Bertz CT molecular complexity index is 650. The van der Waals surface area contributed by atoms with Gasteiger partial charge in [-0.2, -0.15) is 5.26 Å². The molecule has 20 heavy (non-hydrogen) atoms. The Morgan fingerprint density at radius 3 is 2.65 bits per heavy atom. The average molecular weight is 261 g/mol. The molecule has 1 aliphatic heterocycles. The van der Waals surface area contributed by atoms with E-state index in [0.717, 1.165) is 37.2 Å². The van der Waals surface area contributed by atoms with Crippen LogP contribution in [0.2, 0.25) is 0 Å². The average Bonchev–Trinajstić information content (AvgIpc) is 2.47. The topological polar surface area (TPSA) is 27.0 Å². The summed E-state index contributed by atoms with van der Waals surface area (Å²) in [6.45, 7) is 7.02. The van der Waals surface area contributed by atoms with Crippen LogP contribution in [0.3, 0.4) is 0 Å². The summed E-state index contributed by atoms with van der Waals surface area (Å²) >= 11 is 0. The number of nitriles is 1. The molecule has 2 nitrogen and oxygen atoms in total. The van der Waals surface area contributed by atoms with E-state index in [4.69, 9.17) is 5.26 Å². The first kappa shape index (κ1) is 12.9. The molecule has 1 aliphatic rings. The highest BCUT2D eigenvalue weighted by molar-refractivity contribution is 5.35. The van der Waals surface area contributed by atoms with Crippen molar-refractivity contribution in [3.63, 3.8) is 0 Å². The van der Waals surface area contributed by atoms with Gasteiger partial charge in [0, 0.05) is 19.6 Å². The van der Waals surface area contributed by atoms with Crippen molar-refractivity contribution in [2.24, 2.45) is 0 Å². The minimum Gasteiger partial charge on any atom is -0.294 e. The quantitative estimate of drug-likeness (QED) is 0.829. The molecule has 99 valence electrons. The molecule has 0 unspecified atom stereocenters. The van der Waals surface area contributed by atoms with Gasteiger partial charge in [0.2, 0.25) is 0 Å². The first-order valence-corrected chi connectivity index (χ1v) is 6.90. The van der Waals surface area contributed by atoms with Gasteiger partial charge in [0.05, 0.1) is 11.6 Å². The van der Waals surface area contributed by atoms with Crippen LogP contribution in [0.5, 0.6) is 0 Å². The Morgan fingerprint density at radius 1 is 1.10 bits per heavy atom. The van der Waals surface area contributed by atoms with Crippen molar-refractivity contribution >= 4 is 0 Å². The molecular formula is C18H17N2. The molecule has 0 fully saturated rings. The van der Waals surface area contributed by atoms with Crippen LogP contribution >= 0.6 is 0 Å².